The molecule has 2 aromatic carbocycles. The number of halogens is 1. The lowest BCUT2D eigenvalue weighted by Gasteiger charge is -2.38. The fourth-order valence-electron chi connectivity index (χ4n) is 3.17. The van der Waals surface area contributed by atoms with Crippen LogP contribution in [0.4, 0.5) is 0 Å². The van der Waals surface area contributed by atoms with E-state index in [1.54, 1.807) is 34.9 Å². The van der Waals surface area contributed by atoms with Crippen LogP contribution in [-0.2, 0) is 10.3 Å². The molecule has 1 aliphatic rings. The Labute approximate surface area is 165 Å². The molecule has 1 atom stereocenters. The van der Waals surface area contributed by atoms with E-state index in [2.05, 4.69) is 0 Å². The summed E-state index contributed by atoms with van der Waals surface area (Å²) in [6, 6.07) is 15.8. The van der Waals surface area contributed by atoms with Crippen LogP contribution in [-0.4, -0.2) is 52.9 Å². The van der Waals surface area contributed by atoms with E-state index < -0.39 is 5.54 Å². The standard InChI is InChI=1S/C20H23N3O3.ClH/c1-20(21,15-7-3-2-4-8-15)19(26)23-13-11-22(12-14-23)18(25)16-9-5-6-10-17(16)24;/h2-10,24H,11-14,21H2,1H3;1H. The number of rotatable bonds is 3. The number of phenols is 1. The van der Waals surface area contributed by atoms with Gasteiger partial charge >= 0.3 is 0 Å². The van der Waals surface area contributed by atoms with Crippen molar-refractivity contribution in [2.75, 3.05) is 26.2 Å². The largest absolute Gasteiger partial charge is 0.507 e. The summed E-state index contributed by atoms with van der Waals surface area (Å²) in [5, 5.41) is 9.86. The van der Waals surface area contributed by atoms with Crippen molar-refractivity contribution in [1.29, 1.82) is 0 Å². The summed E-state index contributed by atoms with van der Waals surface area (Å²) in [5.41, 5.74) is 6.25. The lowest BCUT2D eigenvalue weighted by Crippen LogP contribution is -2.57. The molecule has 6 nitrogen and oxygen atoms in total. The first-order valence-corrected chi connectivity index (χ1v) is 8.62. The van der Waals surface area contributed by atoms with Crippen molar-refractivity contribution in [3.63, 3.8) is 0 Å². The van der Waals surface area contributed by atoms with Crippen LogP contribution in [0.5, 0.6) is 5.75 Å². The summed E-state index contributed by atoms with van der Waals surface area (Å²) in [6.07, 6.45) is 0. The van der Waals surface area contributed by atoms with E-state index in [0.717, 1.165) is 5.56 Å². The lowest BCUT2D eigenvalue weighted by atomic mass is 9.91. The Bertz CT molecular complexity index is 803. The van der Waals surface area contributed by atoms with Gasteiger partial charge in [0.25, 0.3) is 5.91 Å². The van der Waals surface area contributed by atoms with Crippen molar-refractivity contribution >= 4 is 24.2 Å². The molecule has 1 unspecified atom stereocenters. The van der Waals surface area contributed by atoms with Crippen LogP contribution in [0.1, 0.15) is 22.8 Å². The molecule has 0 bridgehead atoms. The van der Waals surface area contributed by atoms with Gasteiger partial charge in [-0.15, -0.1) is 12.4 Å². The number of hydrogen-bond acceptors (Lipinski definition) is 4. The van der Waals surface area contributed by atoms with Crippen LogP contribution >= 0.6 is 12.4 Å². The van der Waals surface area contributed by atoms with Crippen LogP contribution in [0.2, 0.25) is 0 Å². The second kappa shape index (κ2) is 8.41. The number of amides is 2. The van der Waals surface area contributed by atoms with Crippen molar-refractivity contribution < 1.29 is 14.7 Å². The Morgan fingerprint density at radius 1 is 0.926 bits per heavy atom. The Morgan fingerprint density at radius 3 is 2.04 bits per heavy atom. The van der Waals surface area contributed by atoms with Gasteiger partial charge in [0.05, 0.1) is 5.56 Å². The minimum Gasteiger partial charge on any atom is -0.507 e. The molecule has 0 aliphatic carbocycles. The van der Waals surface area contributed by atoms with Crippen molar-refractivity contribution in [1.82, 2.24) is 9.80 Å². The van der Waals surface area contributed by atoms with Crippen LogP contribution in [0.3, 0.4) is 0 Å². The van der Waals surface area contributed by atoms with E-state index in [9.17, 15) is 14.7 Å². The number of hydrogen-bond donors (Lipinski definition) is 2. The smallest absolute Gasteiger partial charge is 0.257 e. The van der Waals surface area contributed by atoms with Crippen LogP contribution < -0.4 is 5.73 Å². The van der Waals surface area contributed by atoms with Gasteiger partial charge < -0.3 is 20.6 Å². The van der Waals surface area contributed by atoms with Crippen LogP contribution in [0.25, 0.3) is 0 Å². The maximum Gasteiger partial charge on any atom is 0.257 e. The number of carbonyl (C=O) groups excluding carboxylic acids is 2. The fourth-order valence-corrected chi connectivity index (χ4v) is 3.17. The Kier molecular flexibility index (Phi) is 6.46. The van der Waals surface area contributed by atoms with E-state index in [0.29, 0.717) is 26.2 Å². The van der Waals surface area contributed by atoms with Gasteiger partial charge in [0.1, 0.15) is 11.3 Å². The van der Waals surface area contributed by atoms with Gasteiger partial charge in [0, 0.05) is 26.2 Å². The molecule has 1 heterocycles. The monoisotopic (exact) mass is 389 g/mol. The van der Waals surface area contributed by atoms with E-state index >= 15 is 0 Å². The molecule has 3 rings (SSSR count). The van der Waals surface area contributed by atoms with E-state index in [1.165, 1.54) is 6.07 Å². The number of piperazine rings is 1. The quantitative estimate of drug-likeness (QED) is 0.840. The number of aromatic hydroxyl groups is 1. The summed E-state index contributed by atoms with van der Waals surface area (Å²) in [5.74, 6) is -0.415. The highest BCUT2D eigenvalue weighted by atomic mass is 35.5. The molecule has 0 aromatic heterocycles. The number of nitrogens with zero attached hydrogens (tertiary/aromatic N) is 2. The lowest BCUT2D eigenvalue weighted by molar-refractivity contribution is -0.138. The van der Waals surface area contributed by atoms with Gasteiger partial charge in [-0.05, 0) is 24.6 Å². The van der Waals surface area contributed by atoms with E-state index in [-0.39, 0.29) is 35.5 Å². The van der Waals surface area contributed by atoms with E-state index in [1.807, 2.05) is 30.3 Å². The van der Waals surface area contributed by atoms with Gasteiger partial charge in [-0.2, -0.15) is 0 Å². The minimum absolute atomic E-state index is 0. The Hall–Kier alpha value is -2.57. The number of benzene rings is 2. The molecule has 3 N–H and O–H groups in total. The highest BCUT2D eigenvalue weighted by Crippen LogP contribution is 2.22. The molecular formula is C20H24ClN3O3. The predicted molar refractivity (Wildman–Crippen MR) is 106 cm³/mol. The van der Waals surface area contributed by atoms with Crippen molar-refractivity contribution in [3.05, 3.63) is 65.7 Å². The highest BCUT2D eigenvalue weighted by molar-refractivity contribution is 5.97. The minimum atomic E-state index is -1.11. The first-order valence-electron chi connectivity index (χ1n) is 8.62. The highest BCUT2D eigenvalue weighted by Gasteiger charge is 2.36. The zero-order chi connectivity index (χ0) is 18.7. The van der Waals surface area contributed by atoms with Gasteiger partial charge in [0.2, 0.25) is 5.91 Å². The third-order valence-corrected chi connectivity index (χ3v) is 4.81. The third-order valence-electron chi connectivity index (χ3n) is 4.81. The molecule has 0 spiro atoms. The van der Waals surface area contributed by atoms with Crippen molar-refractivity contribution in [2.24, 2.45) is 5.73 Å². The van der Waals surface area contributed by atoms with Gasteiger partial charge in [-0.1, -0.05) is 42.5 Å². The fraction of sp³-hybridized carbons (Fsp3) is 0.300. The predicted octanol–water partition coefficient (Wildman–Crippen LogP) is 1.97. The Morgan fingerprint density at radius 2 is 1.44 bits per heavy atom. The van der Waals surface area contributed by atoms with Gasteiger partial charge in [-0.25, -0.2) is 0 Å². The summed E-state index contributed by atoms with van der Waals surface area (Å²) in [7, 11) is 0. The normalized spacial score (nSPS) is 16.2. The number of nitrogens with two attached hydrogens (primary N) is 1. The average Bonchev–Trinajstić information content (AvgIpc) is 2.68. The topological polar surface area (TPSA) is 86.9 Å². The summed E-state index contributed by atoms with van der Waals surface area (Å²) in [4.78, 5) is 28.8. The van der Waals surface area contributed by atoms with Crippen LogP contribution in [0.15, 0.2) is 54.6 Å². The third kappa shape index (κ3) is 4.23. The molecule has 1 aliphatic heterocycles. The molecule has 2 aromatic rings. The number of phenolic OH excluding ortho intramolecular Hbond substituents is 1. The SMILES string of the molecule is CC(N)(C(=O)N1CCN(C(=O)c2ccccc2O)CC1)c1ccccc1.Cl. The van der Waals surface area contributed by atoms with E-state index in [4.69, 9.17) is 5.73 Å². The Balaban J connectivity index is 0.00000261. The molecule has 1 saturated heterocycles. The molecule has 7 heteroatoms. The molecular weight excluding hydrogens is 366 g/mol. The second-order valence-corrected chi connectivity index (χ2v) is 6.67. The zero-order valence-corrected chi connectivity index (χ0v) is 16.0. The number of carbonyl (C=O) groups is 2. The molecule has 0 radical (unpaired) electrons. The molecule has 1 fully saturated rings. The molecule has 2 amide bonds. The molecule has 144 valence electrons. The number of para-hydroxylation sites is 1. The summed E-state index contributed by atoms with van der Waals surface area (Å²) < 4.78 is 0. The van der Waals surface area contributed by atoms with Crippen LogP contribution in [0, 0.1) is 0 Å². The summed E-state index contributed by atoms with van der Waals surface area (Å²) in [6.45, 7) is 3.35. The zero-order valence-electron chi connectivity index (χ0n) is 15.2. The van der Waals surface area contributed by atoms with Crippen molar-refractivity contribution in [3.8, 4) is 5.75 Å². The maximum atomic E-state index is 12.9. The first kappa shape index (κ1) is 20.7. The second-order valence-electron chi connectivity index (χ2n) is 6.67. The molecule has 27 heavy (non-hydrogen) atoms. The summed E-state index contributed by atoms with van der Waals surface area (Å²) >= 11 is 0. The van der Waals surface area contributed by atoms with Crippen molar-refractivity contribution in [2.45, 2.75) is 12.5 Å². The average molecular weight is 390 g/mol. The molecule has 0 saturated carbocycles. The van der Waals surface area contributed by atoms with Gasteiger partial charge in [-0.3, -0.25) is 9.59 Å². The first-order chi connectivity index (χ1) is 12.4. The van der Waals surface area contributed by atoms with Gasteiger partial charge in [0.15, 0.2) is 0 Å². The maximum absolute atomic E-state index is 12.9.